The standard InChI is InChI=1S/C15H15F2N3O2/c1-4-22-15-18-8(2)13(9(3)19-15)20-14(21)11-6-5-10(16)7-12(11)17/h5-7H,4H2,1-3H3,(H,20,21). The van der Waals surface area contributed by atoms with Crippen molar-refractivity contribution in [3.05, 3.63) is 46.8 Å². The molecule has 0 unspecified atom stereocenters. The van der Waals surface area contributed by atoms with Gasteiger partial charge in [0.15, 0.2) is 0 Å². The Hall–Kier alpha value is -2.57. The Bertz CT molecular complexity index is 697. The zero-order valence-corrected chi connectivity index (χ0v) is 12.4. The number of hydrogen-bond acceptors (Lipinski definition) is 4. The molecule has 1 amide bonds. The van der Waals surface area contributed by atoms with Gasteiger partial charge in [0.2, 0.25) is 0 Å². The monoisotopic (exact) mass is 307 g/mol. The zero-order valence-electron chi connectivity index (χ0n) is 12.4. The molecular formula is C15H15F2N3O2. The topological polar surface area (TPSA) is 64.1 Å². The molecule has 0 fully saturated rings. The van der Waals surface area contributed by atoms with Crippen molar-refractivity contribution in [2.24, 2.45) is 0 Å². The Morgan fingerprint density at radius 2 is 1.86 bits per heavy atom. The molecule has 2 aromatic rings. The lowest BCUT2D eigenvalue weighted by atomic mass is 10.2. The summed E-state index contributed by atoms with van der Waals surface area (Å²) in [5.41, 5.74) is 1.10. The number of nitrogens with one attached hydrogen (secondary N) is 1. The third-order valence-electron chi connectivity index (χ3n) is 2.94. The van der Waals surface area contributed by atoms with Crippen LogP contribution in [0.15, 0.2) is 18.2 Å². The van der Waals surface area contributed by atoms with Crippen molar-refractivity contribution in [3.8, 4) is 6.01 Å². The van der Waals surface area contributed by atoms with Crippen LogP contribution in [0.4, 0.5) is 14.5 Å². The minimum atomic E-state index is -0.931. The van der Waals surface area contributed by atoms with Gasteiger partial charge >= 0.3 is 6.01 Å². The molecule has 0 bridgehead atoms. The third-order valence-corrected chi connectivity index (χ3v) is 2.94. The number of halogens is 2. The number of carbonyl (C=O) groups is 1. The molecule has 0 atom stereocenters. The van der Waals surface area contributed by atoms with Crippen molar-refractivity contribution < 1.29 is 18.3 Å². The Kier molecular flexibility index (Phi) is 4.65. The van der Waals surface area contributed by atoms with Crippen molar-refractivity contribution in [2.45, 2.75) is 20.8 Å². The molecule has 1 heterocycles. The molecule has 0 aliphatic carbocycles. The Morgan fingerprint density at radius 1 is 1.23 bits per heavy atom. The van der Waals surface area contributed by atoms with Gasteiger partial charge in [-0.2, -0.15) is 9.97 Å². The number of anilines is 1. The molecule has 1 aromatic heterocycles. The van der Waals surface area contributed by atoms with E-state index < -0.39 is 17.5 Å². The van der Waals surface area contributed by atoms with Gasteiger partial charge in [0.25, 0.3) is 5.91 Å². The second kappa shape index (κ2) is 6.46. The molecule has 116 valence electrons. The van der Waals surface area contributed by atoms with Crippen LogP contribution < -0.4 is 10.1 Å². The van der Waals surface area contributed by atoms with Gasteiger partial charge in [-0.15, -0.1) is 0 Å². The molecule has 5 nitrogen and oxygen atoms in total. The number of hydrogen-bond donors (Lipinski definition) is 1. The first-order valence-electron chi connectivity index (χ1n) is 6.66. The van der Waals surface area contributed by atoms with E-state index >= 15 is 0 Å². The number of nitrogens with zero attached hydrogens (tertiary/aromatic N) is 2. The summed E-state index contributed by atoms with van der Waals surface area (Å²) in [7, 11) is 0. The Balaban J connectivity index is 2.28. The van der Waals surface area contributed by atoms with E-state index in [0.717, 1.165) is 12.1 Å². The molecule has 0 radical (unpaired) electrons. The van der Waals surface area contributed by atoms with E-state index in [0.29, 0.717) is 29.7 Å². The maximum absolute atomic E-state index is 13.6. The summed E-state index contributed by atoms with van der Waals surface area (Å²) < 4.78 is 31.7. The second-order valence-corrected chi connectivity index (χ2v) is 4.56. The zero-order chi connectivity index (χ0) is 16.3. The highest BCUT2D eigenvalue weighted by Gasteiger charge is 2.16. The van der Waals surface area contributed by atoms with Crippen LogP contribution in [0.5, 0.6) is 6.01 Å². The summed E-state index contributed by atoms with van der Waals surface area (Å²) in [6.07, 6.45) is 0. The molecule has 0 saturated carbocycles. The molecular weight excluding hydrogens is 292 g/mol. The molecule has 1 aromatic carbocycles. The molecule has 0 aliphatic rings. The summed E-state index contributed by atoms with van der Waals surface area (Å²) in [5, 5.41) is 2.54. The average molecular weight is 307 g/mol. The van der Waals surface area contributed by atoms with Gasteiger partial charge < -0.3 is 10.1 Å². The summed E-state index contributed by atoms with van der Waals surface area (Å²) >= 11 is 0. The molecule has 2 rings (SSSR count). The lowest BCUT2D eigenvalue weighted by Gasteiger charge is -2.12. The minimum Gasteiger partial charge on any atom is -0.464 e. The highest BCUT2D eigenvalue weighted by Crippen LogP contribution is 2.21. The molecule has 22 heavy (non-hydrogen) atoms. The highest BCUT2D eigenvalue weighted by molar-refractivity contribution is 6.05. The van der Waals surface area contributed by atoms with Gasteiger partial charge in [-0.05, 0) is 32.9 Å². The summed E-state index contributed by atoms with van der Waals surface area (Å²) in [6.45, 7) is 5.58. The Morgan fingerprint density at radius 3 is 2.41 bits per heavy atom. The number of aryl methyl sites for hydroxylation is 2. The lowest BCUT2D eigenvalue weighted by molar-refractivity contribution is 0.102. The van der Waals surface area contributed by atoms with E-state index in [1.165, 1.54) is 0 Å². The fourth-order valence-electron chi connectivity index (χ4n) is 1.91. The first-order valence-corrected chi connectivity index (χ1v) is 6.66. The van der Waals surface area contributed by atoms with Gasteiger partial charge in [-0.1, -0.05) is 0 Å². The number of ether oxygens (including phenoxy) is 1. The van der Waals surface area contributed by atoms with E-state index in [4.69, 9.17) is 4.74 Å². The molecule has 1 N–H and O–H groups in total. The van der Waals surface area contributed by atoms with Gasteiger partial charge in [0, 0.05) is 6.07 Å². The fraction of sp³-hybridized carbons (Fsp3) is 0.267. The second-order valence-electron chi connectivity index (χ2n) is 4.56. The minimum absolute atomic E-state index is 0.212. The number of carbonyl (C=O) groups excluding carboxylic acids is 1. The number of amides is 1. The van der Waals surface area contributed by atoms with E-state index in [-0.39, 0.29) is 11.6 Å². The van der Waals surface area contributed by atoms with Crippen molar-refractivity contribution >= 4 is 11.6 Å². The SMILES string of the molecule is CCOc1nc(C)c(NC(=O)c2ccc(F)cc2F)c(C)n1. The van der Waals surface area contributed by atoms with Crippen molar-refractivity contribution in [1.82, 2.24) is 9.97 Å². The van der Waals surface area contributed by atoms with Gasteiger partial charge in [0.1, 0.15) is 11.6 Å². The van der Waals surface area contributed by atoms with Crippen LogP contribution in [0.1, 0.15) is 28.7 Å². The van der Waals surface area contributed by atoms with Crippen LogP contribution >= 0.6 is 0 Å². The fourth-order valence-corrected chi connectivity index (χ4v) is 1.91. The largest absolute Gasteiger partial charge is 0.464 e. The maximum atomic E-state index is 13.6. The van der Waals surface area contributed by atoms with Crippen LogP contribution in [0.3, 0.4) is 0 Å². The van der Waals surface area contributed by atoms with Crippen LogP contribution in [0, 0.1) is 25.5 Å². The first-order chi connectivity index (χ1) is 10.4. The first kappa shape index (κ1) is 15.8. The quantitative estimate of drug-likeness (QED) is 0.943. The Labute approximate surface area is 126 Å². The normalized spacial score (nSPS) is 10.4. The maximum Gasteiger partial charge on any atom is 0.316 e. The molecule has 7 heteroatoms. The van der Waals surface area contributed by atoms with Gasteiger partial charge in [-0.3, -0.25) is 4.79 Å². The van der Waals surface area contributed by atoms with Crippen LogP contribution in [0.25, 0.3) is 0 Å². The van der Waals surface area contributed by atoms with E-state index in [2.05, 4.69) is 15.3 Å². The summed E-state index contributed by atoms with van der Waals surface area (Å²) in [4.78, 5) is 20.3. The average Bonchev–Trinajstić information content (AvgIpc) is 2.43. The van der Waals surface area contributed by atoms with Crippen molar-refractivity contribution in [3.63, 3.8) is 0 Å². The summed E-state index contributed by atoms with van der Waals surface area (Å²) in [6, 6.07) is 2.97. The highest BCUT2D eigenvalue weighted by atomic mass is 19.1. The smallest absolute Gasteiger partial charge is 0.316 e. The predicted octanol–water partition coefficient (Wildman–Crippen LogP) is 3.02. The van der Waals surface area contributed by atoms with Crippen molar-refractivity contribution in [2.75, 3.05) is 11.9 Å². The van der Waals surface area contributed by atoms with Gasteiger partial charge in [-0.25, -0.2) is 8.78 Å². The van der Waals surface area contributed by atoms with Crippen LogP contribution in [-0.2, 0) is 0 Å². The predicted molar refractivity (Wildman–Crippen MR) is 77.0 cm³/mol. The lowest BCUT2D eigenvalue weighted by Crippen LogP contribution is -2.17. The number of aromatic nitrogens is 2. The van der Waals surface area contributed by atoms with E-state index in [1.807, 2.05) is 0 Å². The molecule has 0 saturated heterocycles. The summed E-state index contributed by atoms with van der Waals surface area (Å²) in [5.74, 6) is -2.37. The van der Waals surface area contributed by atoms with Crippen LogP contribution in [0.2, 0.25) is 0 Å². The third kappa shape index (κ3) is 3.36. The number of rotatable bonds is 4. The van der Waals surface area contributed by atoms with Crippen LogP contribution in [-0.4, -0.2) is 22.5 Å². The molecule has 0 aliphatic heterocycles. The number of benzene rings is 1. The van der Waals surface area contributed by atoms with Gasteiger partial charge in [0.05, 0.1) is 29.2 Å². The van der Waals surface area contributed by atoms with Crippen molar-refractivity contribution in [1.29, 1.82) is 0 Å². The van der Waals surface area contributed by atoms with E-state index in [1.54, 1.807) is 20.8 Å². The molecule has 0 spiro atoms. The van der Waals surface area contributed by atoms with E-state index in [9.17, 15) is 13.6 Å².